The Bertz CT molecular complexity index is 692. The van der Waals surface area contributed by atoms with Gasteiger partial charge in [-0.1, -0.05) is 17.7 Å². The number of anilines is 1. The molecule has 1 N–H and O–H groups in total. The molecule has 24 heavy (non-hydrogen) atoms. The quantitative estimate of drug-likeness (QED) is 0.852. The van der Waals surface area contributed by atoms with Crippen LogP contribution >= 0.6 is 11.6 Å². The van der Waals surface area contributed by atoms with Crippen molar-refractivity contribution in [2.75, 3.05) is 11.9 Å². The van der Waals surface area contributed by atoms with Crippen LogP contribution in [0.15, 0.2) is 24.3 Å². The van der Waals surface area contributed by atoms with Crippen LogP contribution in [-0.2, 0) is 14.4 Å². The summed E-state index contributed by atoms with van der Waals surface area (Å²) in [5.41, 5.74) is 0.612. The van der Waals surface area contributed by atoms with E-state index in [4.69, 9.17) is 11.6 Å². The number of benzene rings is 1. The minimum atomic E-state index is -0.224. The van der Waals surface area contributed by atoms with Crippen LogP contribution in [0.4, 0.5) is 5.69 Å². The van der Waals surface area contributed by atoms with Gasteiger partial charge in [0.1, 0.15) is 0 Å². The molecule has 1 aromatic carbocycles. The molecule has 2 bridgehead atoms. The minimum Gasteiger partial charge on any atom is -0.326 e. The van der Waals surface area contributed by atoms with Crippen LogP contribution in [0.2, 0.25) is 5.02 Å². The largest absolute Gasteiger partial charge is 0.326 e. The summed E-state index contributed by atoms with van der Waals surface area (Å²) >= 11 is 5.89. The number of rotatable bonds is 4. The van der Waals surface area contributed by atoms with Gasteiger partial charge in [0, 0.05) is 23.7 Å². The summed E-state index contributed by atoms with van der Waals surface area (Å²) in [6, 6.07) is 6.89. The first-order valence-electron chi connectivity index (χ1n) is 8.45. The average Bonchev–Trinajstić information content (AvgIpc) is 3.20. The van der Waals surface area contributed by atoms with E-state index in [0.29, 0.717) is 22.5 Å². The number of imide groups is 1. The zero-order chi connectivity index (χ0) is 16.8. The van der Waals surface area contributed by atoms with E-state index in [1.54, 1.807) is 24.3 Å². The van der Waals surface area contributed by atoms with Crippen molar-refractivity contribution in [1.29, 1.82) is 0 Å². The van der Waals surface area contributed by atoms with Gasteiger partial charge in [-0.05, 0) is 49.3 Å². The third-order valence-electron chi connectivity index (χ3n) is 5.69. The molecule has 0 spiro atoms. The van der Waals surface area contributed by atoms with E-state index < -0.39 is 0 Å². The molecule has 1 saturated heterocycles. The van der Waals surface area contributed by atoms with Gasteiger partial charge in [0.2, 0.25) is 17.7 Å². The van der Waals surface area contributed by atoms with Crippen molar-refractivity contribution in [3.05, 3.63) is 29.3 Å². The maximum absolute atomic E-state index is 12.6. The topological polar surface area (TPSA) is 66.5 Å². The fourth-order valence-electron chi connectivity index (χ4n) is 4.69. The molecule has 0 radical (unpaired) electrons. The van der Waals surface area contributed by atoms with Gasteiger partial charge in [-0.25, -0.2) is 0 Å². The van der Waals surface area contributed by atoms with Gasteiger partial charge in [-0.3, -0.25) is 19.3 Å². The second-order valence-corrected chi connectivity index (χ2v) is 7.46. The Morgan fingerprint density at radius 3 is 2.46 bits per heavy atom. The lowest BCUT2D eigenvalue weighted by atomic mass is 9.81. The van der Waals surface area contributed by atoms with Gasteiger partial charge in [0.15, 0.2) is 0 Å². The number of hydrogen-bond donors (Lipinski definition) is 1. The Balaban J connectivity index is 1.37. The summed E-state index contributed by atoms with van der Waals surface area (Å²) in [5.74, 6) is 0.168. The zero-order valence-electron chi connectivity index (χ0n) is 13.2. The Kier molecular flexibility index (Phi) is 3.83. The van der Waals surface area contributed by atoms with E-state index in [1.807, 2.05) is 0 Å². The van der Waals surface area contributed by atoms with Crippen molar-refractivity contribution in [1.82, 2.24) is 4.90 Å². The summed E-state index contributed by atoms with van der Waals surface area (Å²) < 4.78 is 0. The predicted molar refractivity (Wildman–Crippen MR) is 89.2 cm³/mol. The van der Waals surface area contributed by atoms with Crippen molar-refractivity contribution in [2.45, 2.75) is 25.7 Å². The fourth-order valence-corrected chi connectivity index (χ4v) is 4.88. The molecule has 1 aliphatic heterocycles. The second-order valence-electron chi connectivity index (χ2n) is 7.02. The monoisotopic (exact) mass is 346 g/mol. The van der Waals surface area contributed by atoms with E-state index >= 15 is 0 Å². The molecule has 4 atom stereocenters. The van der Waals surface area contributed by atoms with Gasteiger partial charge in [0.05, 0.1) is 11.8 Å². The number of carbonyl (C=O) groups is 3. The first-order valence-corrected chi connectivity index (χ1v) is 8.83. The summed E-state index contributed by atoms with van der Waals surface area (Å²) in [6.45, 7) is 0.163. The SMILES string of the molecule is O=C(CCN1C(=O)[C@@H]2[C@H]3CC[C@@H](C3)[C@@H]2C1=O)Nc1cccc(Cl)c1. The highest BCUT2D eigenvalue weighted by molar-refractivity contribution is 6.30. The Morgan fingerprint density at radius 2 is 1.83 bits per heavy atom. The highest BCUT2D eigenvalue weighted by atomic mass is 35.5. The van der Waals surface area contributed by atoms with Gasteiger partial charge >= 0.3 is 0 Å². The second kappa shape index (κ2) is 5.88. The van der Waals surface area contributed by atoms with Gasteiger partial charge < -0.3 is 5.32 Å². The predicted octanol–water partition coefficient (Wildman–Crippen LogP) is 2.70. The molecule has 3 aliphatic rings. The number of likely N-dealkylation sites (tertiary alicyclic amines) is 1. The lowest BCUT2D eigenvalue weighted by Gasteiger charge is -2.19. The highest BCUT2D eigenvalue weighted by Crippen LogP contribution is 2.56. The lowest BCUT2D eigenvalue weighted by molar-refractivity contribution is -0.140. The number of halogens is 1. The van der Waals surface area contributed by atoms with Crippen LogP contribution in [0.3, 0.4) is 0 Å². The number of amides is 3. The number of nitrogens with zero attached hydrogens (tertiary/aromatic N) is 1. The summed E-state index contributed by atoms with van der Waals surface area (Å²) in [7, 11) is 0. The van der Waals surface area contributed by atoms with Crippen LogP contribution in [0.5, 0.6) is 0 Å². The Hall–Kier alpha value is -1.88. The smallest absolute Gasteiger partial charge is 0.233 e. The molecule has 4 rings (SSSR count). The lowest BCUT2D eigenvalue weighted by Crippen LogP contribution is -2.35. The molecule has 1 aromatic rings. The van der Waals surface area contributed by atoms with Crippen molar-refractivity contribution in [3.8, 4) is 0 Å². The molecule has 5 nitrogen and oxygen atoms in total. The number of hydrogen-bond acceptors (Lipinski definition) is 3. The molecule has 3 amide bonds. The van der Waals surface area contributed by atoms with Gasteiger partial charge in [-0.15, -0.1) is 0 Å². The molecule has 1 heterocycles. The maximum Gasteiger partial charge on any atom is 0.233 e. The maximum atomic E-state index is 12.6. The standard InChI is InChI=1S/C18H19ClN2O3/c19-12-2-1-3-13(9-12)20-14(22)6-7-21-17(23)15-10-4-5-11(8-10)16(15)18(21)24/h1-3,9-11,15-16H,4-8H2,(H,20,22)/t10-,11-,15-,16+/m0/s1. The van der Waals surface area contributed by atoms with Gasteiger partial charge in [0.25, 0.3) is 0 Å². The average molecular weight is 347 g/mol. The minimum absolute atomic E-state index is 0.0623. The summed E-state index contributed by atoms with van der Waals surface area (Å²) in [4.78, 5) is 38.5. The van der Waals surface area contributed by atoms with Crippen molar-refractivity contribution in [3.63, 3.8) is 0 Å². The van der Waals surface area contributed by atoms with Crippen LogP contribution in [0, 0.1) is 23.7 Å². The third kappa shape index (κ3) is 2.51. The zero-order valence-corrected chi connectivity index (χ0v) is 14.0. The van der Waals surface area contributed by atoms with Crippen molar-refractivity contribution < 1.29 is 14.4 Å². The van der Waals surface area contributed by atoms with E-state index in [-0.39, 0.29) is 42.5 Å². The fraction of sp³-hybridized carbons (Fsp3) is 0.500. The first kappa shape index (κ1) is 15.6. The summed E-state index contributed by atoms with van der Waals surface area (Å²) in [5, 5.41) is 3.29. The number of fused-ring (bicyclic) bond motifs is 5. The molecule has 2 saturated carbocycles. The van der Waals surface area contributed by atoms with E-state index in [1.165, 1.54) is 4.90 Å². The normalized spacial score (nSPS) is 30.8. The molecule has 6 heteroatoms. The van der Waals surface area contributed by atoms with E-state index in [2.05, 4.69) is 5.32 Å². The number of carbonyl (C=O) groups excluding carboxylic acids is 3. The van der Waals surface area contributed by atoms with E-state index in [9.17, 15) is 14.4 Å². The van der Waals surface area contributed by atoms with Crippen LogP contribution in [0.25, 0.3) is 0 Å². The molecule has 126 valence electrons. The summed E-state index contributed by atoms with van der Waals surface area (Å²) in [6.07, 6.45) is 3.26. The molecular weight excluding hydrogens is 328 g/mol. The number of nitrogens with one attached hydrogen (secondary N) is 1. The van der Waals surface area contributed by atoms with Crippen LogP contribution < -0.4 is 5.32 Å². The van der Waals surface area contributed by atoms with E-state index in [0.717, 1.165) is 19.3 Å². The molecule has 0 unspecified atom stereocenters. The molecular formula is C18H19ClN2O3. The van der Waals surface area contributed by atoms with Crippen molar-refractivity contribution in [2.24, 2.45) is 23.7 Å². The molecule has 3 fully saturated rings. The Morgan fingerprint density at radius 1 is 1.17 bits per heavy atom. The first-order chi connectivity index (χ1) is 11.5. The van der Waals surface area contributed by atoms with Gasteiger partial charge in [-0.2, -0.15) is 0 Å². The molecule has 2 aliphatic carbocycles. The molecule has 0 aromatic heterocycles. The Labute approximate surface area is 145 Å². The highest BCUT2D eigenvalue weighted by Gasteiger charge is 2.60. The van der Waals surface area contributed by atoms with Crippen LogP contribution in [-0.4, -0.2) is 29.2 Å². The van der Waals surface area contributed by atoms with Crippen molar-refractivity contribution >= 4 is 35.0 Å². The third-order valence-corrected chi connectivity index (χ3v) is 5.92. The van der Waals surface area contributed by atoms with Crippen LogP contribution in [0.1, 0.15) is 25.7 Å².